The molecule has 0 aliphatic rings. The number of hydrogen-bond acceptors (Lipinski definition) is 4. The molecule has 0 saturated carbocycles. The fourth-order valence-corrected chi connectivity index (χ4v) is 1.57. The zero-order valence-electron chi connectivity index (χ0n) is 10.4. The van der Waals surface area contributed by atoms with Gasteiger partial charge in [0.2, 0.25) is 0 Å². The number of carboxylic acid groups (broad SMARTS) is 1. The number of carboxylic acids is 1. The molecule has 6 heteroatoms. The van der Waals surface area contributed by atoms with Crippen molar-refractivity contribution >= 4 is 11.8 Å². The minimum Gasteiger partial charge on any atom is -0.478 e. The van der Waals surface area contributed by atoms with Gasteiger partial charge in [-0.1, -0.05) is 13.8 Å². The van der Waals surface area contributed by atoms with Crippen molar-refractivity contribution in [2.75, 3.05) is 11.9 Å². The molecule has 1 heterocycles. The Morgan fingerprint density at radius 2 is 2.22 bits per heavy atom. The average Bonchev–Trinajstić information content (AvgIpc) is 2.26. The van der Waals surface area contributed by atoms with E-state index in [0.717, 1.165) is 6.07 Å². The molecule has 0 fully saturated rings. The lowest BCUT2D eigenvalue weighted by molar-refractivity contribution is 0.0692. The molecule has 0 aromatic carbocycles. The minimum atomic E-state index is -1.35. The second kappa shape index (κ2) is 6.30. The third-order valence-electron chi connectivity index (χ3n) is 2.37. The van der Waals surface area contributed by atoms with Gasteiger partial charge < -0.3 is 15.5 Å². The molecule has 0 bridgehead atoms. The van der Waals surface area contributed by atoms with Gasteiger partial charge in [0.1, 0.15) is 5.56 Å². The highest BCUT2D eigenvalue weighted by Gasteiger charge is 2.15. The van der Waals surface area contributed by atoms with E-state index < -0.39 is 23.5 Å². The van der Waals surface area contributed by atoms with Gasteiger partial charge in [-0.2, -0.15) is 0 Å². The number of pyridine rings is 1. The van der Waals surface area contributed by atoms with E-state index in [1.54, 1.807) is 0 Å². The van der Waals surface area contributed by atoms with E-state index in [0.29, 0.717) is 12.3 Å². The molecule has 0 aliphatic heterocycles. The summed E-state index contributed by atoms with van der Waals surface area (Å²) in [6.07, 6.45) is 1.16. The fraction of sp³-hybridized carbons (Fsp3) is 0.500. The summed E-state index contributed by atoms with van der Waals surface area (Å²) in [6, 6.07) is 1.09. The maximum Gasteiger partial charge on any atom is 0.338 e. The monoisotopic (exact) mass is 256 g/mol. The summed E-state index contributed by atoms with van der Waals surface area (Å²) in [6.45, 7) is 4.06. The SMILES string of the molecule is CC(C)CC(O)CNc1nccc(C(=O)O)c1F. The molecule has 100 valence electrons. The van der Waals surface area contributed by atoms with E-state index in [1.807, 2.05) is 13.8 Å². The first-order valence-electron chi connectivity index (χ1n) is 5.71. The van der Waals surface area contributed by atoms with Crippen LogP contribution in [0, 0.1) is 11.7 Å². The van der Waals surface area contributed by atoms with Crippen LogP contribution in [-0.2, 0) is 0 Å². The second-order valence-corrected chi connectivity index (χ2v) is 4.49. The van der Waals surface area contributed by atoms with Crippen LogP contribution < -0.4 is 5.32 Å². The number of anilines is 1. The summed E-state index contributed by atoms with van der Waals surface area (Å²) >= 11 is 0. The van der Waals surface area contributed by atoms with Gasteiger partial charge in [0.25, 0.3) is 0 Å². The Labute approximate surface area is 105 Å². The molecule has 0 spiro atoms. The van der Waals surface area contributed by atoms with Gasteiger partial charge in [-0.25, -0.2) is 14.2 Å². The Morgan fingerprint density at radius 1 is 1.56 bits per heavy atom. The lowest BCUT2D eigenvalue weighted by Crippen LogP contribution is -2.22. The fourth-order valence-electron chi connectivity index (χ4n) is 1.57. The number of aromatic nitrogens is 1. The van der Waals surface area contributed by atoms with Crippen LogP contribution in [0.15, 0.2) is 12.3 Å². The van der Waals surface area contributed by atoms with E-state index in [-0.39, 0.29) is 12.4 Å². The third-order valence-corrected chi connectivity index (χ3v) is 2.37. The molecular weight excluding hydrogens is 239 g/mol. The second-order valence-electron chi connectivity index (χ2n) is 4.49. The molecule has 0 saturated heterocycles. The maximum atomic E-state index is 13.6. The molecule has 0 amide bonds. The number of nitrogens with one attached hydrogen (secondary N) is 1. The zero-order valence-corrected chi connectivity index (χ0v) is 10.4. The topological polar surface area (TPSA) is 82.5 Å². The Kier molecular flexibility index (Phi) is 5.03. The summed E-state index contributed by atoms with van der Waals surface area (Å²) in [5.41, 5.74) is -0.439. The quantitative estimate of drug-likeness (QED) is 0.722. The van der Waals surface area contributed by atoms with Crippen molar-refractivity contribution in [1.29, 1.82) is 0 Å². The van der Waals surface area contributed by atoms with Crippen molar-refractivity contribution in [3.05, 3.63) is 23.6 Å². The molecule has 5 nitrogen and oxygen atoms in total. The van der Waals surface area contributed by atoms with Gasteiger partial charge in [0, 0.05) is 12.7 Å². The van der Waals surface area contributed by atoms with E-state index >= 15 is 0 Å². The summed E-state index contributed by atoms with van der Waals surface area (Å²) in [5.74, 6) is -2.09. The van der Waals surface area contributed by atoms with Gasteiger partial charge in [0.15, 0.2) is 11.6 Å². The summed E-state index contributed by atoms with van der Waals surface area (Å²) in [7, 11) is 0. The number of rotatable bonds is 6. The van der Waals surface area contributed by atoms with Crippen molar-refractivity contribution < 1.29 is 19.4 Å². The molecule has 0 aliphatic carbocycles. The Hall–Kier alpha value is -1.69. The molecule has 3 N–H and O–H groups in total. The maximum absolute atomic E-state index is 13.6. The van der Waals surface area contributed by atoms with Crippen molar-refractivity contribution in [2.45, 2.75) is 26.4 Å². The van der Waals surface area contributed by atoms with E-state index in [4.69, 9.17) is 5.11 Å². The lowest BCUT2D eigenvalue weighted by atomic mass is 10.1. The minimum absolute atomic E-state index is 0.130. The van der Waals surface area contributed by atoms with Gasteiger partial charge in [-0.05, 0) is 18.4 Å². The number of hydrogen-bond donors (Lipinski definition) is 3. The van der Waals surface area contributed by atoms with Gasteiger partial charge in [-0.15, -0.1) is 0 Å². The molecule has 1 unspecified atom stereocenters. The highest BCUT2D eigenvalue weighted by Crippen LogP contribution is 2.15. The van der Waals surface area contributed by atoms with Gasteiger partial charge in [0.05, 0.1) is 6.10 Å². The number of aliphatic hydroxyl groups is 1. The lowest BCUT2D eigenvalue weighted by Gasteiger charge is -2.14. The normalized spacial score (nSPS) is 12.5. The number of halogens is 1. The highest BCUT2D eigenvalue weighted by atomic mass is 19.1. The van der Waals surface area contributed by atoms with Crippen LogP contribution in [-0.4, -0.2) is 33.8 Å². The van der Waals surface area contributed by atoms with Crippen LogP contribution in [0.3, 0.4) is 0 Å². The van der Waals surface area contributed by atoms with Crippen molar-refractivity contribution in [3.63, 3.8) is 0 Å². The summed E-state index contributed by atoms with van der Waals surface area (Å²) in [5, 5.41) is 21.0. The van der Waals surface area contributed by atoms with Crippen molar-refractivity contribution in [2.24, 2.45) is 5.92 Å². The average molecular weight is 256 g/mol. The standard InChI is InChI=1S/C12H17FN2O3/c1-7(2)5-8(16)6-15-11-10(13)9(12(17)18)3-4-14-11/h3-4,7-8,16H,5-6H2,1-2H3,(H,14,15)(H,17,18). The van der Waals surface area contributed by atoms with Crippen LogP contribution in [0.1, 0.15) is 30.6 Å². The third kappa shape index (κ3) is 3.96. The molecular formula is C12H17FN2O3. The highest BCUT2D eigenvalue weighted by molar-refractivity contribution is 5.88. The molecule has 0 radical (unpaired) electrons. The van der Waals surface area contributed by atoms with Crippen LogP contribution >= 0.6 is 0 Å². The first kappa shape index (κ1) is 14.4. The molecule has 18 heavy (non-hydrogen) atoms. The Balaban J connectivity index is 2.68. The first-order chi connectivity index (χ1) is 8.41. The van der Waals surface area contributed by atoms with Gasteiger partial charge in [-0.3, -0.25) is 0 Å². The number of carbonyl (C=O) groups is 1. The van der Waals surface area contributed by atoms with E-state index in [9.17, 15) is 14.3 Å². The molecule has 1 aromatic rings. The molecule has 1 rings (SSSR count). The Bertz CT molecular complexity index is 424. The predicted molar refractivity (Wildman–Crippen MR) is 65.1 cm³/mol. The van der Waals surface area contributed by atoms with Crippen molar-refractivity contribution in [3.8, 4) is 0 Å². The van der Waals surface area contributed by atoms with Crippen LogP contribution in [0.4, 0.5) is 10.2 Å². The number of aromatic carboxylic acids is 1. The molecule has 1 atom stereocenters. The smallest absolute Gasteiger partial charge is 0.338 e. The molecule has 1 aromatic heterocycles. The predicted octanol–water partition coefficient (Wildman–Crippen LogP) is 1.74. The zero-order chi connectivity index (χ0) is 13.7. The summed E-state index contributed by atoms with van der Waals surface area (Å²) in [4.78, 5) is 14.4. The van der Waals surface area contributed by atoms with E-state index in [1.165, 1.54) is 6.20 Å². The van der Waals surface area contributed by atoms with Crippen LogP contribution in [0.2, 0.25) is 0 Å². The largest absolute Gasteiger partial charge is 0.478 e. The first-order valence-corrected chi connectivity index (χ1v) is 5.71. The van der Waals surface area contributed by atoms with Crippen molar-refractivity contribution in [1.82, 2.24) is 4.98 Å². The Morgan fingerprint density at radius 3 is 2.78 bits per heavy atom. The van der Waals surface area contributed by atoms with E-state index in [2.05, 4.69) is 10.3 Å². The van der Waals surface area contributed by atoms with Crippen LogP contribution in [0.25, 0.3) is 0 Å². The van der Waals surface area contributed by atoms with Gasteiger partial charge >= 0.3 is 5.97 Å². The van der Waals surface area contributed by atoms with Crippen LogP contribution in [0.5, 0.6) is 0 Å². The summed E-state index contributed by atoms with van der Waals surface area (Å²) < 4.78 is 13.6. The number of nitrogens with zero attached hydrogens (tertiary/aromatic N) is 1. The number of aliphatic hydroxyl groups excluding tert-OH is 1.